The molecule has 0 saturated heterocycles. The minimum Gasteiger partial charge on any atom is -0.462 e. The van der Waals surface area contributed by atoms with E-state index in [1.54, 1.807) is 11.8 Å². The first kappa shape index (κ1) is 19.6. The number of ether oxygens (including phenoxy) is 1. The Kier molecular flexibility index (Phi) is 6.88. The van der Waals surface area contributed by atoms with Gasteiger partial charge < -0.3 is 9.64 Å². The first-order chi connectivity index (χ1) is 11.2. The smallest absolute Gasteiger partial charge is 0.338 e. The maximum Gasteiger partial charge on any atom is 0.338 e. The molecule has 24 heavy (non-hydrogen) atoms. The van der Waals surface area contributed by atoms with Crippen LogP contribution in [0.2, 0.25) is 0 Å². The Bertz CT molecular complexity index is 627. The summed E-state index contributed by atoms with van der Waals surface area (Å²) in [5.74, 6) is -0.791. The molecule has 1 amide bonds. The first-order valence-corrected chi connectivity index (χ1v) is 8.00. The van der Waals surface area contributed by atoms with Crippen LogP contribution in [-0.2, 0) is 4.74 Å². The van der Waals surface area contributed by atoms with E-state index in [9.17, 15) is 19.7 Å². The normalized spacial score (nSPS) is 11.9. The van der Waals surface area contributed by atoms with E-state index in [4.69, 9.17) is 4.74 Å². The van der Waals surface area contributed by atoms with Gasteiger partial charge in [-0.2, -0.15) is 0 Å². The van der Waals surface area contributed by atoms with E-state index in [0.29, 0.717) is 6.54 Å². The van der Waals surface area contributed by atoms with E-state index in [1.807, 2.05) is 27.7 Å². The van der Waals surface area contributed by atoms with Gasteiger partial charge in [0.05, 0.1) is 17.1 Å². The number of benzene rings is 1. The van der Waals surface area contributed by atoms with Crippen LogP contribution in [0.25, 0.3) is 0 Å². The Labute approximate surface area is 141 Å². The minimum atomic E-state index is -0.685. The molecule has 0 N–H and O–H groups in total. The number of nitro groups is 1. The molecule has 0 bridgehead atoms. The van der Waals surface area contributed by atoms with Crippen molar-refractivity contribution in [1.82, 2.24) is 4.90 Å². The first-order valence-electron chi connectivity index (χ1n) is 8.00. The fourth-order valence-electron chi connectivity index (χ4n) is 2.31. The van der Waals surface area contributed by atoms with Crippen LogP contribution in [0.1, 0.15) is 55.3 Å². The molecule has 7 heteroatoms. The molecule has 1 unspecified atom stereocenters. The molecule has 1 aromatic rings. The summed E-state index contributed by atoms with van der Waals surface area (Å²) >= 11 is 0. The van der Waals surface area contributed by atoms with Gasteiger partial charge in [0, 0.05) is 30.3 Å². The molecule has 1 rings (SSSR count). The number of hydrogen-bond acceptors (Lipinski definition) is 5. The zero-order valence-electron chi connectivity index (χ0n) is 14.7. The fraction of sp³-hybridized carbons (Fsp3) is 0.529. The van der Waals surface area contributed by atoms with E-state index in [1.165, 1.54) is 12.1 Å². The van der Waals surface area contributed by atoms with Crippen molar-refractivity contribution in [3.05, 3.63) is 39.4 Å². The lowest BCUT2D eigenvalue weighted by Gasteiger charge is -2.31. The summed E-state index contributed by atoms with van der Waals surface area (Å²) in [5, 5.41) is 11.1. The number of non-ortho nitro benzene ring substituents is 1. The molecule has 0 aliphatic heterocycles. The van der Waals surface area contributed by atoms with Crippen LogP contribution in [0, 0.1) is 16.0 Å². The number of amides is 1. The lowest BCUT2D eigenvalue weighted by Crippen LogP contribution is -2.41. The summed E-state index contributed by atoms with van der Waals surface area (Å²) < 4.78 is 4.88. The predicted octanol–water partition coefficient (Wildman–Crippen LogP) is 3.28. The molecule has 1 atom stereocenters. The number of nitrogens with zero attached hydrogens (tertiary/aromatic N) is 2. The second-order valence-corrected chi connectivity index (χ2v) is 5.82. The zero-order chi connectivity index (χ0) is 18.4. The third-order valence-corrected chi connectivity index (χ3v) is 3.94. The molecule has 0 aliphatic carbocycles. The highest BCUT2D eigenvalue weighted by atomic mass is 16.6. The summed E-state index contributed by atoms with van der Waals surface area (Å²) in [6, 6.07) is 3.63. The number of esters is 1. The van der Waals surface area contributed by atoms with Crippen molar-refractivity contribution in [2.45, 2.75) is 40.7 Å². The summed E-state index contributed by atoms with van der Waals surface area (Å²) in [6.45, 7) is 10.0. The van der Waals surface area contributed by atoms with Gasteiger partial charge in [-0.15, -0.1) is 0 Å². The topological polar surface area (TPSA) is 89.8 Å². The Morgan fingerprint density at radius 2 is 1.75 bits per heavy atom. The molecule has 0 fully saturated rings. The summed E-state index contributed by atoms with van der Waals surface area (Å²) in [7, 11) is 0. The van der Waals surface area contributed by atoms with Crippen LogP contribution in [0.4, 0.5) is 5.69 Å². The van der Waals surface area contributed by atoms with Crippen molar-refractivity contribution < 1.29 is 19.2 Å². The Hall–Kier alpha value is -2.44. The minimum absolute atomic E-state index is 0.00246. The van der Waals surface area contributed by atoms with Crippen LogP contribution < -0.4 is 0 Å². The number of rotatable bonds is 7. The highest BCUT2D eigenvalue weighted by Gasteiger charge is 2.25. The summed E-state index contributed by atoms with van der Waals surface area (Å²) in [6.07, 6.45) is 0. The van der Waals surface area contributed by atoms with Crippen molar-refractivity contribution in [2.24, 2.45) is 5.92 Å². The van der Waals surface area contributed by atoms with E-state index in [-0.39, 0.29) is 41.3 Å². The van der Waals surface area contributed by atoms with Crippen LogP contribution in [0.3, 0.4) is 0 Å². The van der Waals surface area contributed by atoms with Gasteiger partial charge in [-0.3, -0.25) is 14.9 Å². The second kappa shape index (κ2) is 8.42. The lowest BCUT2D eigenvalue weighted by molar-refractivity contribution is -0.384. The van der Waals surface area contributed by atoms with Crippen molar-refractivity contribution in [2.75, 3.05) is 13.2 Å². The van der Waals surface area contributed by atoms with E-state index in [0.717, 1.165) is 6.07 Å². The highest BCUT2D eigenvalue weighted by Crippen LogP contribution is 2.21. The SMILES string of the molecule is CCOC(=O)c1cc(C(=O)N(CC)C(C)C(C)C)cc([N+](=O)[O-])c1. The van der Waals surface area contributed by atoms with Crippen LogP contribution in [-0.4, -0.2) is 40.9 Å². The number of hydrogen-bond donors (Lipinski definition) is 0. The molecule has 132 valence electrons. The maximum atomic E-state index is 12.8. The van der Waals surface area contributed by atoms with Crippen LogP contribution in [0.15, 0.2) is 18.2 Å². The van der Waals surface area contributed by atoms with Gasteiger partial charge in [0.15, 0.2) is 0 Å². The molecule has 0 heterocycles. The molecule has 0 aliphatic rings. The standard InChI is InChI=1S/C17H24N2O5/c1-6-18(12(5)11(3)4)16(20)13-8-14(17(21)24-7-2)10-15(9-13)19(22)23/h8-12H,6-7H2,1-5H3. The molecule has 0 spiro atoms. The van der Waals surface area contributed by atoms with E-state index in [2.05, 4.69) is 0 Å². The molecular formula is C17H24N2O5. The predicted molar refractivity (Wildman–Crippen MR) is 90.1 cm³/mol. The van der Waals surface area contributed by atoms with Crippen molar-refractivity contribution in [3.63, 3.8) is 0 Å². The third-order valence-electron chi connectivity index (χ3n) is 3.94. The van der Waals surface area contributed by atoms with Gasteiger partial charge in [-0.25, -0.2) is 4.79 Å². The molecule has 0 saturated carbocycles. The van der Waals surface area contributed by atoms with Gasteiger partial charge >= 0.3 is 5.97 Å². The van der Waals surface area contributed by atoms with Gasteiger partial charge in [-0.1, -0.05) is 13.8 Å². The quantitative estimate of drug-likeness (QED) is 0.433. The van der Waals surface area contributed by atoms with Crippen molar-refractivity contribution in [1.29, 1.82) is 0 Å². The zero-order valence-corrected chi connectivity index (χ0v) is 14.7. The van der Waals surface area contributed by atoms with Gasteiger partial charge in [-0.05, 0) is 32.8 Å². The van der Waals surface area contributed by atoms with E-state index < -0.39 is 10.9 Å². The van der Waals surface area contributed by atoms with Crippen molar-refractivity contribution in [3.8, 4) is 0 Å². The van der Waals surface area contributed by atoms with E-state index >= 15 is 0 Å². The van der Waals surface area contributed by atoms with Gasteiger partial charge in [0.1, 0.15) is 0 Å². The highest BCUT2D eigenvalue weighted by molar-refractivity contribution is 5.99. The third kappa shape index (κ3) is 4.53. The maximum absolute atomic E-state index is 12.8. The fourth-order valence-corrected chi connectivity index (χ4v) is 2.31. The van der Waals surface area contributed by atoms with Crippen LogP contribution in [0.5, 0.6) is 0 Å². The molecule has 7 nitrogen and oxygen atoms in total. The number of carbonyl (C=O) groups is 2. The summed E-state index contributed by atoms with van der Waals surface area (Å²) in [5.41, 5.74) is -0.193. The molecule has 0 aromatic heterocycles. The second-order valence-electron chi connectivity index (χ2n) is 5.82. The molecule has 0 radical (unpaired) electrons. The molecular weight excluding hydrogens is 312 g/mol. The Morgan fingerprint density at radius 3 is 2.21 bits per heavy atom. The van der Waals surface area contributed by atoms with Crippen LogP contribution >= 0.6 is 0 Å². The summed E-state index contributed by atoms with van der Waals surface area (Å²) in [4.78, 5) is 36.8. The van der Waals surface area contributed by atoms with Gasteiger partial charge in [0.25, 0.3) is 11.6 Å². The monoisotopic (exact) mass is 336 g/mol. The average Bonchev–Trinajstić information content (AvgIpc) is 2.54. The Balaban J connectivity index is 3.32. The number of nitro benzene ring substituents is 1. The molecule has 1 aromatic carbocycles. The number of carbonyl (C=O) groups excluding carboxylic acids is 2. The Morgan fingerprint density at radius 1 is 1.17 bits per heavy atom. The van der Waals surface area contributed by atoms with Gasteiger partial charge in [0.2, 0.25) is 0 Å². The average molecular weight is 336 g/mol. The largest absolute Gasteiger partial charge is 0.462 e. The van der Waals surface area contributed by atoms with Crippen molar-refractivity contribution >= 4 is 17.6 Å². The lowest BCUT2D eigenvalue weighted by atomic mass is 10.0.